The molecule has 0 spiro atoms. The van der Waals surface area contributed by atoms with E-state index in [-0.39, 0.29) is 5.91 Å². The van der Waals surface area contributed by atoms with Crippen molar-refractivity contribution in [3.05, 3.63) is 12.3 Å². The Bertz CT molecular complexity index is 320. The first-order valence-electron chi connectivity index (χ1n) is 4.80. The maximum Gasteiger partial charge on any atom is 0.239 e. The average Bonchev–Trinajstić information content (AvgIpc) is 2.52. The lowest BCUT2D eigenvalue weighted by molar-refractivity contribution is -0.116. The number of hydrogen-bond acceptors (Lipinski definition) is 4. The van der Waals surface area contributed by atoms with E-state index in [1.807, 2.05) is 14.1 Å². The van der Waals surface area contributed by atoms with Crippen molar-refractivity contribution in [3.8, 4) is 0 Å². The van der Waals surface area contributed by atoms with Gasteiger partial charge in [-0.15, -0.1) is 0 Å². The highest BCUT2D eigenvalue weighted by Crippen LogP contribution is 2.04. The minimum absolute atomic E-state index is 0.0567. The molecule has 6 nitrogen and oxygen atoms in total. The van der Waals surface area contributed by atoms with E-state index in [9.17, 15) is 4.79 Å². The summed E-state index contributed by atoms with van der Waals surface area (Å²) in [7, 11) is 3.69. The van der Waals surface area contributed by atoms with Crippen LogP contribution in [0, 0.1) is 0 Å². The monoisotopic (exact) mass is 211 g/mol. The summed E-state index contributed by atoms with van der Waals surface area (Å²) < 4.78 is 1.67. The van der Waals surface area contributed by atoms with Crippen LogP contribution in [0.25, 0.3) is 0 Å². The van der Waals surface area contributed by atoms with Gasteiger partial charge in [-0.25, -0.2) is 4.68 Å². The number of carbonyl (C=O) groups excluding carboxylic acids is 1. The molecule has 1 aromatic rings. The lowest BCUT2D eigenvalue weighted by Gasteiger charge is -2.11. The number of nitrogens with zero attached hydrogens (tertiary/aromatic N) is 3. The van der Waals surface area contributed by atoms with Crippen LogP contribution in [0.5, 0.6) is 0 Å². The molecule has 0 unspecified atom stereocenters. The molecule has 0 atom stereocenters. The second kappa shape index (κ2) is 5.47. The molecule has 0 bridgehead atoms. The molecular formula is C9H17N5O. The second-order valence-electron chi connectivity index (χ2n) is 3.51. The Kier molecular flexibility index (Phi) is 4.26. The van der Waals surface area contributed by atoms with Gasteiger partial charge in [-0.1, -0.05) is 0 Å². The zero-order valence-corrected chi connectivity index (χ0v) is 9.10. The van der Waals surface area contributed by atoms with Crippen molar-refractivity contribution >= 4 is 11.7 Å². The molecule has 1 heterocycles. The van der Waals surface area contributed by atoms with Crippen LogP contribution >= 0.6 is 0 Å². The van der Waals surface area contributed by atoms with Crippen molar-refractivity contribution in [2.45, 2.75) is 6.54 Å². The van der Waals surface area contributed by atoms with Gasteiger partial charge in [-0.3, -0.25) is 4.79 Å². The fourth-order valence-electron chi connectivity index (χ4n) is 1.21. The van der Waals surface area contributed by atoms with Gasteiger partial charge in [0.2, 0.25) is 5.91 Å². The van der Waals surface area contributed by atoms with E-state index in [0.717, 1.165) is 0 Å². The quantitative estimate of drug-likeness (QED) is 0.678. The van der Waals surface area contributed by atoms with Gasteiger partial charge in [0, 0.05) is 12.6 Å². The number of nitrogens with one attached hydrogen (secondary N) is 1. The van der Waals surface area contributed by atoms with E-state index in [1.165, 1.54) is 0 Å². The third-order valence-electron chi connectivity index (χ3n) is 1.78. The van der Waals surface area contributed by atoms with Gasteiger partial charge in [0.1, 0.15) is 5.82 Å². The molecule has 0 aromatic carbocycles. The molecule has 0 saturated heterocycles. The van der Waals surface area contributed by atoms with E-state index in [0.29, 0.717) is 25.5 Å². The van der Waals surface area contributed by atoms with Crippen LogP contribution in [0.3, 0.4) is 0 Å². The van der Waals surface area contributed by atoms with Gasteiger partial charge in [-0.05, 0) is 14.1 Å². The first-order chi connectivity index (χ1) is 7.13. The molecule has 1 aromatic heterocycles. The summed E-state index contributed by atoms with van der Waals surface area (Å²) in [6.07, 6.45) is 1.64. The molecule has 0 saturated carbocycles. The second-order valence-corrected chi connectivity index (χ2v) is 3.51. The van der Waals surface area contributed by atoms with Gasteiger partial charge < -0.3 is 16.0 Å². The molecule has 1 amide bonds. The molecule has 3 N–H and O–H groups in total. The van der Waals surface area contributed by atoms with E-state index in [2.05, 4.69) is 10.4 Å². The highest BCUT2D eigenvalue weighted by Gasteiger charge is 2.07. The average molecular weight is 211 g/mol. The van der Waals surface area contributed by atoms with Crippen LogP contribution in [-0.4, -0.2) is 47.8 Å². The summed E-state index contributed by atoms with van der Waals surface area (Å²) in [6, 6.07) is 1.75. The molecule has 0 aliphatic rings. The molecule has 0 fully saturated rings. The van der Waals surface area contributed by atoms with E-state index < -0.39 is 0 Å². The predicted molar refractivity (Wildman–Crippen MR) is 58.5 cm³/mol. The van der Waals surface area contributed by atoms with Crippen LogP contribution in [0.2, 0.25) is 0 Å². The first-order valence-corrected chi connectivity index (χ1v) is 4.80. The van der Waals surface area contributed by atoms with Gasteiger partial charge >= 0.3 is 0 Å². The minimum Gasteiger partial charge on any atom is -0.329 e. The minimum atomic E-state index is -0.0567. The topological polar surface area (TPSA) is 76.2 Å². The molecule has 0 radical (unpaired) electrons. The smallest absolute Gasteiger partial charge is 0.239 e. The number of likely N-dealkylation sites (N-methyl/N-ethyl adjacent to an activating group) is 1. The standard InChI is InChI=1S/C9H17N5O/c1-13(2)7-9(15)12-8-3-5-11-14(8)6-4-10/h3,5H,4,6-7,10H2,1-2H3,(H,12,15). The SMILES string of the molecule is CN(C)CC(=O)Nc1ccnn1CCN. The van der Waals surface area contributed by atoms with Crippen molar-refractivity contribution in [1.82, 2.24) is 14.7 Å². The predicted octanol–water partition coefficient (Wildman–Crippen LogP) is -0.658. The van der Waals surface area contributed by atoms with Gasteiger partial charge in [0.25, 0.3) is 0 Å². The highest BCUT2D eigenvalue weighted by molar-refractivity contribution is 5.91. The summed E-state index contributed by atoms with van der Waals surface area (Å²) in [4.78, 5) is 13.3. The normalized spacial score (nSPS) is 10.7. The van der Waals surface area contributed by atoms with Crippen molar-refractivity contribution in [3.63, 3.8) is 0 Å². The number of rotatable bonds is 5. The highest BCUT2D eigenvalue weighted by atomic mass is 16.2. The van der Waals surface area contributed by atoms with E-state index in [4.69, 9.17) is 5.73 Å². The molecule has 0 aliphatic heterocycles. The van der Waals surface area contributed by atoms with Gasteiger partial charge in [0.05, 0.1) is 19.3 Å². The lowest BCUT2D eigenvalue weighted by atomic mass is 10.5. The lowest BCUT2D eigenvalue weighted by Crippen LogP contribution is -2.28. The first kappa shape index (κ1) is 11.7. The Morgan fingerprint density at radius 1 is 1.67 bits per heavy atom. The molecule has 84 valence electrons. The number of nitrogens with two attached hydrogens (primary N) is 1. The fraction of sp³-hybridized carbons (Fsp3) is 0.556. The van der Waals surface area contributed by atoms with Crippen molar-refractivity contribution in [1.29, 1.82) is 0 Å². The van der Waals surface area contributed by atoms with Gasteiger partial charge in [-0.2, -0.15) is 5.10 Å². The maximum absolute atomic E-state index is 11.5. The zero-order chi connectivity index (χ0) is 11.3. The summed E-state index contributed by atoms with van der Waals surface area (Å²) in [6.45, 7) is 1.45. The number of anilines is 1. The van der Waals surface area contributed by atoms with Crippen molar-refractivity contribution in [2.75, 3.05) is 32.5 Å². The summed E-state index contributed by atoms with van der Waals surface area (Å²) in [5, 5.41) is 6.82. The molecule has 1 rings (SSSR count). The van der Waals surface area contributed by atoms with Crippen LogP contribution in [0.15, 0.2) is 12.3 Å². The Labute approximate surface area is 89.0 Å². The zero-order valence-electron chi connectivity index (χ0n) is 9.10. The Hall–Kier alpha value is -1.40. The third-order valence-corrected chi connectivity index (χ3v) is 1.78. The largest absolute Gasteiger partial charge is 0.329 e. The summed E-state index contributed by atoms with van der Waals surface area (Å²) >= 11 is 0. The van der Waals surface area contributed by atoms with E-state index >= 15 is 0 Å². The number of amides is 1. The van der Waals surface area contributed by atoms with Crippen LogP contribution in [0.1, 0.15) is 0 Å². The van der Waals surface area contributed by atoms with Gasteiger partial charge in [0.15, 0.2) is 0 Å². The molecule has 6 heteroatoms. The maximum atomic E-state index is 11.5. The van der Waals surface area contributed by atoms with Crippen LogP contribution in [-0.2, 0) is 11.3 Å². The number of hydrogen-bond donors (Lipinski definition) is 2. The van der Waals surface area contributed by atoms with Crippen LogP contribution in [0.4, 0.5) is 5.82 Å². The summed E-state index contributed by atoms with van der Waals surface area (Å²) in [5.41, 5.74) is 5.42. The molecule has 15 heavy (non-hydrogen) atoms. The van der Waals surface area contributed by atoms with Crippen LogP contribution < -0.4 is 11.1 Å². The fourth-order valence-corrected chi connectivity index (χ4v) is 1.21. The summed E-state index contributed by atoms with van der Waals surface area (Å²) in [5.74, 6) is 0.631. The number of aromatic nitrogens is 2. The van der Waals surface area contributed by atoms with Crippen molar-refractivity contribution < 1.29 is 4.79 Å². The van der Waals surface area contributed by atoms with E-state index in [1.54, 1.807) is 21.8 Å². The van der Waals surface area contributed by atoms with Crippen molar-refractivity contribution in [2.24, 2.45) is 5.73 Å². The molecular weight excluding hydrogens is 194 g/mol. The Morgan fingerprint density at radius 3 is 3.00 bits per heavy atom. The third kappa shape index (κ3) is 3.69. The Balaban J connectivity index is 2.55. The molecule has 0 aliphatic carbocycles. The number of carbonyl (C=O) groups is 1. The Morgan fingerprint density at radius 2 is 2.40 bits per heavy atom.